The van der Waals surface area contributed by atoms with Crippen LogP contribution in [0.1, 0.15) is 36.7 Å². The Morgan fingerprint density at radius 1 is 0.875 bits per heavy atom. The highest BCUT2D eigenvalue weighted by molar-refractivity contribution is 9.10. The summed E-state index contributed by atoms with van der Waals surface area (Å²) in [7, 11) is 0. The van der Waals surface area contributed by atoms with Crippen LogP contribution in [-0.4, -0.2) is 5.97 Å². The molecular weight excluding hydrogens is 364 g/mol. The van der Waals surface area contributed by atoms with E-state index < -0.39 is 0 Å². The van der Waals surface area contributed by atoms with Crippen LogP contribution in [0, 0.1) is 0 Å². The van der Waals surface area contributed by atoms with Gasteiger partial charge in [0.25, 0.3) is 0 Å². The normalized spacial score (nSPS) is 11.5. The number of carbonyl (C=O) groups excluding carboxylic acids is 1. The van der Waals surface area contributed by atoms with Crippen molar-refractivity contribution in [3.05, 3.63) is 76.3 Å². The van der Waals surface area contributed by atoms with E-state index in [0.717, 1.165) is 15.2 Å². The molecule has 3 aromatic rings. The number of ether oxygens (including phenoxy) is 1. The number of hydrogen-bond acceptors (Lipinski definition) is 2. The number of hydrogen-bond donors (Lipinski definition) is 0. The van der Waals surface area contributed by atoms with E-state index in [2.05, 4.69) is 36.7 Å². The highest BCUT2D eigenvalue weighted by Crippen LogP contribution is 2.32. The van der Waals surface area contributed by atoms with Crippen molar-refractivity contribution in [3.63, 3.8) is 0 Å². The van der Waals surface area contributed by atoms with E-state index in [1.807, 2.05) is 60.7 Å². The lowest BCUT2D eigenvalue weighted by Crippen LogP contribution is -2.13. The first kappa shape index (κ1) is 16.7. The number of esters is 1. The topological polar surface area (TPSA) is 26.3 Å². The minimum atomic E-state index is -0.345. The zero-order chi connectivity index (χ0) is 17.3. The van der Waals surface area contributed by atoms with Gasteiger partial charge in [-0.1, -0.05) is 73.1 Å². The number of rotatable bonds is 2. The van der Waals surface area contributed by atoms with Crippen LogP contribution in [-0.2, 0) is 5.41 Å². The van der Waals surface area contributed by atoms with Gasteiger partial charge in [-0.25, -0.2) is 4.79 Å². The Hall–Kier alpha value is -2.13. The molecule has 0 saturated carbocycles. The van der Waals surface area contributed by atoms with Gasteiger partial charge >= 0.3 is 5.97 Å². The summed E-state index contributed by atoms with van der Waals surface area (Å²) in [5, 5.41) is 1.93. The van der Waals surface area contributed by atoms with Crippen molar-refractivity contribution >= 4 is 32.7 Å². The molecule has 2 nitrogen and oxygen atoms in total. The molecule has 0 aliphatic rings. The summed E-state index contributed by atoms with van der Waals surface area (Å²) < 4.78 is 6.61. The highest BCUT2D eigenvalue weighted by atomic mass is 79.9. The molecule has 0 amide bonds. The minimum Gasteiger partial charge on any atom is -0.422 e. The summed E-state index contributed by atoms with van der Waals surface area (Å²) in [5.74, 6) is 0.224. The van der Waals surface area contributed by atoms with Gasteiger partial charge in [0.15, 0.2) is 0 Å². The van der Waals surface area contributed by atoms with Crippen LogP contribution in [0.15, 0.2) is 65.1 Å². The number of fused-ring (bicyclic) bond motifs is 1. The third-order valence-electron chi connectivity index (χ3n) is 4.02. The van der Waals surface area contributed by atoms with Gasteiger partial charge < -0.3 is 4.74 Å². The zero-order valence-corrected chi connectivity index (χ0v) is 15.6. The first-order valence-corrected chi connectivity index (χ1v) is 8.65. The fraction of sp³-hybridized carbons (Fsp3) is 0.190. The Bertz CT molecular complexity index is 890. The van der Waals surface area contributed by atoms with Crippen LogP contribution in [0.2, 0.25) is 0 Å². The van der Waals surface area contributed by atoms with Crippen molar-refractivity contribution in [2.75, 3.05) is 0 Å². The second kappa shape index (κ2) is 6.40. The van der Waals surface area contributed by atoms with Crippen molar-refractivity contribution < 1.29 is 9.53 Å². The van der Waals surface area contributed by atoms with Gasteiger partial charge in [-0.2, -0.15) is 0 Å². The maximum absolute atomic E-state index is 12.5. The SMILES string of the molecule is CC(C)(C)c1ccc(C(=O)Oc2ccc(Br)c3ccccc23)cc1. The van der Waals surface area contributed by atoms with Crippen LogP contribution in [0.4, 0.5) is 0 Å². The van der Waals surface area contributed by atoms with E-state index >= 15 is 0 Å². The molecule has 0 bridgehead atoms. The van der Waals surface area contributed by atoms with Crippen LogP contribution in [0.5, 0.6) is 5.75 Å². The number of benzene rings is 3. The van der Waals surface area contributed by atoms with Gasteiger partial charge in [-0.3, -0.25) is 0 Å². The molecule has 0 radical (unpaired) electrons. The molecule has 0 N–H and O–H groups in total. The smallest absolute Gasteiger partial charge is 0.343 e. The van der Waals surface area contributed by atoms with Crippen molar-refractivity contribution in [1.82, 2.24) is 0 Å². The van der Waals surface area contributed by atoms with E-state index in [1.165, 1.54) is 5.56 Å². The van der Waals surface area contributed by atoms with Crippen molar-refractivity contribution in [1.29, 1.82) is 0 Å². The summed E-state index contributed by atoms with van der Waals surface area (Å²) >= 11 is 3.53. The fourth-order valence-electron chi connectivity index (χ4n) is 2.59. The van der Waals surface area contributed by atoms with E-state index in [4.69, 9.17) is 4.74 Å². The number of halogens is 1. The maximum Gasteiger partial charge on any atom is 0.343 e. The standard InChI is InChI=1S/C21H19BrO2/c1-21(2,3)15-10-8-14(9-11-15)20(23)24-19-13-12-18(22)16-6-4-5-7-17(16)19/h4-13H,1-3H3. The molecule has 3 aromatic carbocycles. The lowest BCUT2D eigenvalue weighted by Gasteiger charge is -2.19. The van der Waals surface area contributed by atoms with Crippen LogP contribution in [0.25, 0.3) is 10.8 Å². The Labute approximate surface area is 150 Å². The molecule has 0 fully saturated rings. The highest BCUT2D eigenvalue weighted by Gasteiger charge is 2.16. The second-order valence-electron chi connectivity index (χ2n) is 6.81. The van der Waals surface area contributed by atoms with Crippen molar-refractivity contribution in [2.45, 2.75) is 26.2 Å². The molecule has 0 aliphatic carbocycles. The Balaban J connectivity index is 1.89. The van der Waals surface area contributed by atoms with Gasteiger partial charge in [-0.05, 0) is 40.6 Å². The molecule has 0 spiro atoms. The largest absolute Gasteiger partial charge is 0.422 e. The van der Waals surface area contributed by atoms with Crippen molar-refractivity contribution in [3.8, 4) is 5.75 Å². The van der Waals surface area contributed by atoms with Gasteiger partial charge in [-0.15, -0.1) is 0 Å². The first-order valence-electron chi connectivity index (χ1n) is 7.86. The predicted octanol–water partition coefficient (Wildman–Crippen LogP) is 6.12. The number of carbonyl (C=O) groups is 1. The van der Waals surface area contributed by atoms with Gasteiger partial charge in [0, 0.05) is 9.86 Å². The first-order chi connectivity index (χ1) is 11.4. The summed E-state index contributed by atoms with van der Waals surface area (Å²) in [5.41, 5.74) is 1.80. The summed E-state index contributed by atoms with van der Waals surface area (Å²) in [4.78, 5) is 12.5. The Kier molecular flexibility index (Phi) is 4.46. The predicted molar refractivity (Wildman–Crippen MR) is 102 cm³/mol. The Morgan fingerprint density at radius 3 is 2.12 bits per heavy atom. The zero-order valence-electron chi connectivity index (χ0n) is 14.0. The second-order valence-corrected chi connectivity index (χ2v) is 7.66. The summed E-state index contributed by atoms with van der Waals surface area (Å²) in [6.45, 7) is 6.44. The third kappa shape index (κ3) is 3.36. The molecule has 0 aliphatic heterocycles. The quantitative estimate of drug-likeness (QED) is 0.394. The van der Waals surface area contributed by atoms with E-state index in [0.29, 0.717) is 11.3 Å². The van der Waals surface area contributed by atoms with E-state index in [9.17, 15) is 4.79 Å². The summed E-state index contributed by atoms with van der Waals surface area (Å²) in [6, 6.07) is 19.2. The third-order valence-corrected chi connectivity index (χ3v) is 4.71. The Morgan fingerprint density at radius 2 is 1.50 bits per heavy atom. The molecule has 3 rings (SSSR count). The van der Waals surface area contributed by atoms with E-state index in [-0.39, 0.29) is 11.4 Å². The molecule has 0 aromatic heterocycles. The van der Waals surface area contributed by atoms with Crippen LogP contribution < -0.4 is 4.74 Å². The van der Waals surface area contributed by atoms with Gasteiger partial charge in [0.2, 0.25) is 0 Å². The van der Waals surface area contributed by atoms with E-state index in [1.54, 1.807) is 0 Å². The fourth-order valence-corrected chi connectivity index (χ4v) is 3.07. The molecule has 0 atom stereocenters. The molecule has 0 unspecified atom stereocenters. The molecule has 0 heterocycles. The maximum atomic E-state index is 12.5. The monoisotopic (exact) mass is 382 g/mol. The van der Waals surface area contributed by atoms with Gasteiger partial charge in [0.1, 0.15) is 5.75 Å². The van der Waals surface area contributed by atoms with Crippen molar-refractivity contribution in [2.24, 2.45) is 0 Å². The van der Waals surface area contributed by atoms with Gasteiger partial charge in [0.05, 0.1) is 5.56 Å². The lowest BCUT2D eigenvalue weighted by atomic mass is 9.87. The molecule has 3 heteroatoms. The van der Waals surface area contributed by atoms with Crippen LogP contribution in [0.3, 0.4) is 0 Å². The summed E-state index contributed by atoms with van der Waals surface area (Å²) in [6.07, 6.45) is 0. The average molecular weight is 383 g/mol. The molecule has 24 heavy (non-hydrogen) atoms. The molecule has 122 valence electrons. The molecular formula is C21H19BrO2. The van der Waals surface area contributed by atoms with Crippen LogP contribution >= 0.6 is 15.9 Å². The minimum absolute atomic E-state index is 0.0599. The lowest BCUT2D eigenvalue weighted by molar-refractivity contribution is 0.0737. The molecule has 0 saturated heterocycles. The average Bonchev–Trinajstić information content (AvgIpc) is 2.57.